The fourth-order valence-electron chi connectivity index (χ4n) is 2.53. The van der Waals surface area contributed by atoms with Gasteiger partial charge in [0.25, 0.3) is 0 Å². The maximum absolute atomic E-state index is 10.8. The quantitative estimate of drug-likeness (QED) is 0.813. The fraction of sp³-hybridized carbons (Fsp3) is 0.421. The lowest BCUT2D eigenvalue weighted by molar-refractivity contribution is 0.102. The molecule has 0 amide bonds. The molecule has 0 saturated carbocycles. The fourth-order valence-corrected chi connectivity index (χ4v) is 2.53. The lowest BCUT2D eigenvalue weighted by Crippen LogP contribution is -2.28. The standard InChI is InChI=1S/C19H26N2O2/c1-4-21(5-2)13-14-23-18-10-8-16(9-11-18)19(3,22)17-7-6-12-20-15-17/h6-12,15,22H,4-5,13-14H2,1-3H3/t19-/m0/s1. The third kappa shape index (κ3) is 4.53. The first-order chi connectivity index (χ1) is 11.1. The van der Waals surface area contributed by atoms with E-state index in [0.717, 1.165) is 36.5 Å². The second-order valence-corrected chi connectivity index (χ2v) is 5.71. The Balaban J connectivity index is 1.99. The van der Waals surface area contributed by atoms with Crippen LogP contribution in [0.1, 0.15) is 31.9 Å². The molecule has 0 saturated heterocycles. The van der Waals surface area contributed by atoms with E-state index in [9.17, 15) is 5.11 Å². The average molecular weight is 314 g/mol. The number of rotatable bonds is 8. The van der Waals surface area contributed by atoms with Gasteiger partial charge in [0.2, 0.25) is 0 Å². The van der Waals surface area contributed by atoms with Crippen molar-refractivity contribution in [3.05, 3.63) is 59.9 Å². The summed E-state index contributed by atoms with van der Waals surface area (Å²) in [4.78, 5) is 6.40. The number of hydrogen-bond acceptors (Lipinski definition) is 4. The van der Waals surface area contributed by atoms with Crippen LogP contribution < -0.4 is 4.74 Å². The number of hydrogen-bond donors (Lipinski definition) is 1. The lowest BCUT2D eigenvalue weighted by atomic mass is 9.89. The molecule has 2 aromatic rings. The van der Waals surface area contributed by atoms with Gasteiger partial charge in [0.15, 0.2) is 0 Å². The van der Waals surface area contributed by atoms with Gasteiger partial charge in [-0.1, -0.05) is 32.0 Å². The highest BCUT2D eigenvalue weighted by Crippen LogP contribution is 2.29. The Morgan fingerprint density at radius 1 is 1.09 bits per heavy atom. The number of aromatic nitrogens is 1. The van der Waals surface area contributed by atoms with Crippen molar-refractivity contribution in [2.24, 2.45) is 0 Å². The molecule has 0 bridgehead atoms. The molecule has 0 unspecified atom stereocenters. The van der Waals surface area contributed by atoms with Gasteiger partial charge >= 0.3 is 0 Å². The normalized spacial score (nSPS) is 13.8. The lowest BCUT2D eigenvalue weighted by Gasteiger charge is -2.24. The van der Waals surface area contributed by atoms with Gasteiger partial charge in [0.05, 0.1) is 0 Å². The third-order valence-corrected chi connectivity index (χ3v) is 4.21. The van der Waals surface area contributed by atoms with Crippen LogP contribution >= 0.6 is 0 Å². The number of nitrogens with zero attached hydrogens (tertiary/aromatic N) is 2. The van der Waals surface area contributed by atoms with Gasteiger partial charge in [0, 0.05) is 24.5 Å². The molecule has 23 heavy (non-hydrogen) atoms. The van der Waals surface area contributed by atoms with Crippen LogP contribution in [0.25, 0.3) is 0 Å². The van der Waals surface area contributed by atoms with Crippen molar-refractivity contribution in [3.8, 4) is 5.75 Å². The number of benzene rings is 1. The monoisotopic (exact) mass is 314 g/mol. The molecule has 1 N–H and O–H groups in total. The van der Waals surface area contributed by atoms with Crippen LogP contribution in [0.2, 0.25) is 0 Å². The van der Waals surface area contributed by atoms with Crippen LogP contribution in [0, 0.1) is 0 Å². The summed E-state index contributed by atoms with van der Waals surface area (Å²) in [5, 5.41) is 10.8. The molecule has 1 atom stereocenters. The van der Waals surface area contributed by atoms with E-state index < -0.39 is 5.60 Å². The summed E-state index contributed by atoms with van der Waals surface area (Å²) in [6.45, 7) is 9.74. The molecule has 2 rings (SSSR count). The van der Waals surface area contributed by atoms with Crippen molar-refractivity contribution in [2.75, 3.05) is 26.2 Å². The molecule has 1 aromatic heterocycles. The van der Waals surface area contributed by atoms with Crippen LogP contribution in [0.5, 0.6) is 5.75 Å². The summed E-state index contributed by atoms with van der Waals surface area (Å²) >= 11 is 0. The molecule has 0 spiro atoms. The molecule has 4 heteroatoms. The Morgan fingerprint density at radius 3 is 2.35 bits per heavy atom. The van der Waals surface area contributed by atoms with Crippen molar-refractivity contribution in [1.82, 2.24) is 9.88 Å². The minimum absolute atomic E-state index is 0.667. The highest BCUT2D eigenvalue weighted by Gasteiger charge is 2.25. The Labute approximate surface area is 138 Å². The summed E-state index contributed by atoms with van der Waals surface area (Å²) in [6, 6.07) is 11.3. The number of ether oxygens (including phenoxy) is 1. The third-order valence-electron chi connectivity index (χ3n) is 4.21. The van der Waals surface area contributed by atoms with Crippen LogP contribution in [-0.2, 0) is 5.60 Å². The van der Waals surface area contributed by atoms with Gasteiger partial charge in [0.1, 0.15) is 18.0 Å². The summed E-state index contributed by atoms with van der Waals surface area (Å²) in [6.07, 6.45) is 3.39. The number of aliphatic hydroxyl groups is 1. The van der Waals surface area contributed by atoms with E-state index >= 15 is 0 Å². The van der Waals surface area contributed by atoms with Gasteiger partial charge < -0.3 is 14.7 Å². The summed E-state index contributed by atoms with van der Waals surface area (Å²) in [5.41, 5.74) is 0.533. The minimum atomic E-state index is -1.06. The highest BCUT2D eigenvalue weighted by atomic mass is 16.5. The molecule has 0 aliphatic rings. The largest absolute Gasteiger partial charge is 0.492 e. The van der Waals surface area contributed by atoms with E-state index in [1.54, 1.807) is 19.3 Å². The van der Waals surface area contributed by atoms with Gasteiger partial charge in [-0.15, -0.1) is 0 Å². The maximum Gasteiger partial charge on any atom is 0.119 e. The summed E-state index contributed by atoms with van der Waals surface area (Å²) < 4.78 is 5.78. The topological polar surface area (TPSA) is 45.6 Å². The second-order valence-electron chi connectivity index (χ2n) is 5.71. The highest BCUT2D eigenvalue weighted by molar-refractivity contribution is 5.37. The van der Waals surface area contributed by atoms with Gasteiger partial charge in [-0.25, -0.2) is 0 Å². The molecule has 0 aliphatic heterocycles. The molecule has 1 aromatic carbocycles. The first-order valence-electron chi connectivity index (χ1n) is 8.16. The molecular weight excluding hydrogens is 288 g/mol. The molecule has 0 fully saturated rings. The van der Waals surface area contributed by atoms with Crippen molar-refractivity contribution in [3.63, 3.8) is 0 Å². The van der Waals surface area contributed by atoms with E-state index in [4.69, 9.17) is 4.74 Å². The predicted molar refractivity (Wildman–Crippen MR) is 92.6 cm³/mol. The van der Waals surface area contributed by atoms with Crippen LogP contribution in [0.15, 0.2) is 48.8 Å². The van der Waals surface area contributed by atoms with Gasteiger partial charge in [-0.3, -0.25) is 4.98 Å². The SMILES string of the molecule is CCN(CC)CCOc1ccc([C@](C)(O)c2cccnc2)cc1. The Kier molecular flexibility index (Phi) is 6.13. The van der Waals surface area contributed by atoms with Crippen LogP contribution in [0.4, 0.5) is 0 Å². The Morgan fingerprint density at radius 2 is 1.78 bits per heavy atom. The first kappa shape index (κ1) is 17.4. The van der Waals surface area contributed by atoms with Gasteiger partial charge in [-0.2, -0.15) is 0 Å². The van der Waals surface area contributed by atoms with Gasteiger partial charge in [-0.05, 0) is 43.8 Å². The van der Waals surface area contributed by atoms with E-state index in [-0.39, 0.29) is 0 Å². The molecule has 1 heterocycles. The van der Waals surface area contributed by atoms with E-state index in [2.05, 4.69) is 23.7 Å². The first-order valence-corrected chi connectivity index (χ1v) is 8.16. The number of pyridine rings is 1. The Bertz CT molecular complexity index is 578. The van der Waals surface area contributed by atoms with E-state index in [1.165, 1.54) is 0 Å². The molecule has 0 radical (unpaired) electrons. The van der Waals surface area contributed by atoms with Crippen molar-refractivity contribution >= 4 is 0 Å². The van der Waals surface area contributed by atoms with E-state index in [0.29, 0.717) is 6.61 Å². The molecular formula is C19H26N2O2. The van der Waals surface area contributed by atoms with E-state index in [1.807, 2.05) is 36.4 Å². The van der Waals surface area contributed by atoms with Crippen LogP contribution in [-0.4, -0.2) is 41.2 Å². The van der Waals surface area contributed by atoms with Crippen molar-refractivity contribution in [2.45, 2.75) is 26.4 Å². The molecule has 4 nitrogen and oxygen atoms in total. The molecule has 124 valence electrons. The van der Waals surface area contributed by atoms with Crippen molar-refractivity contribution in [1.29, 1.82) is 0 Å². The summed E-state index contributed by atoms with van der Waals surface area (Å²) in [5.74, 6) is 0.822. The summed E-state index contributed by atoms with van der Waals surface area (Å²) in [7, 11) is 0. The van der Waals surface area contributed by atoms with Crippen LogP contribution in [0.3, 0.4) is 0 Å². The smallest absolute Gasteiger partial charge is 0.119 e. The predicted octanol–water partition coefficient (Wildman–Crippen LogP) is 3.06. The zero-order valence-electron chi connectivity index (χ0n) is 14.2. The zero-order chi connectivity index (χ0) is 16.7. The maximum atomic E-state index is 10.8. The average Bonchev–Trinajstić information content (AvgIpc) is 2.60. The Hall–Kier alpha value is -1.91. The number of likely N-dealkylation sites (N-methyl/N-ethyl adjacent to an activating group) is 1. The second kappa shape index (κ2) is 8.09. The molecule has 0 aliphatic carbocycles. The zero-order valence-corrected chi connectivity index (χ0v) is 14.2. The van der Waals surface area contributed by atoms with Crippen molar-refractivity contribution < 1.29 is 9.84 Å². The minimum Gasteiger partial charge on any atom is -0.492 e.